The van der Waals surface area contributed by atoms with Crippen molar-refractivity contribution < 1.29 is 23.1 Å². The number of nitrogens with zero attached hydrogens (tertiary/aromatic N) is 1. The summed E-state index contributed by atoms with van der Waals surface area (Å²) in [5.74, 6) is -1.55. The highest BCUT2D eigenvalue weighted by molar-refractivity contribution is 7.90. The second-order valence-corrected chi connectivity index (χ2v) is 6.77. The Morgan fingerprint density at radius 3 is 2.32 bits per heavy atom. The van der Waals surface area contributed by atoms with Crippen LogP contribution in [-0.4, -0.2) is 75.7 Å². The number of nitrogens with one attached hydrogen (secondary N) is 2. The summed E-state index contributed by atoms with van der Waals surface area (Å²) in [6, 6.07) is -1.84. The lowest BCUT2D eigenvalue weighted by Crippen LogP contribution is -2.47. The summed E-state index contributed by atoms with van der Waals surface area (Å²) in [6.45, 7) is 0.992. The fourth-order valence-corrected chi connectivity index (χ4v) is 1.86. The Morgan fingerprint density at radius 2 is 1.89 bits per heavy atom. The van der Waals surface area contributed by atoms with Crippen LogP contribution in [0.4, 0.5) is 4.79 Å². The molecular weight excluding hydrogens is 274 g/mol. The van der Waals surface area contributed by atoms with E-state index in [1.165, 1.54) is 0 Å². The SMILES string of the molecule is CN(C)CCNC(=O)NC(CCS(C)(=O)=O)C(=O)O. The van der Waals surface area contributed by atoms with Crippen LogP contribution in [0.1, 0.15) is 6.42 Å². The molecule has 0 rings (SSSR count). The first-order chi connectivity index (χ1) is 8.61. The fourth-order valence-electron chi connectivity index (χ4n) is 1.19. The third-order valence-corrected chi connectivity index (χ3v) is 3.20. The average molecular weight is 295 g/mol. The number of carbonyl (C=O) groups is 2. The van der Waals surface area contributed by atoms with Gasteiger partial charge in [-0.05, 0) is 20.5 Å². The Morgan fingerprint density at radius 1 is 1.32 bits per heavy atom. The van der Waals surface area contributed by atoms with Gasteiger partial charge in [0.2, 0.25) is 0 Å². The van der Waals surface area contributed by atoms with E-state index < -0.39 is 27.9 Å². The molecule has 0 aromatic rings. The number of aliphatic carboxylic acids is 1. The summed E-state index contributed by atoms with van der Waals surface area (Å²) < 4.78 is 21.9. The predicted octanol–water partition coefficient (Wildman–Crippen LogP) is -1.26. The summed E-state index contributed by atoms with van der Waals surface area (Å²) in [5, 5.41) is 13.6. The van der Waals surface area contributed by atoms with E-state index in [0.29, 0.717) is 13.1 Å². The van der Waals surface area contributed by atoms with Gasteiger partial charge >= 0.3 is 12.0 Å². The number of rotatable bonds is 8. The molecule has 0 aliphatic carbocycles. The van der Waals surface area contributed by atoms with Gasteiger partial charge in [0.15, 0.2) is 0 Å². The van der Waals surface area contributed by atoms with Crippen molar-refractivity contribution in [2.45, 2.75) is 12.5 Å². The van der Waals surface area contributed by atoms with Gasteiger partial charge in [0.05, 0.1) is 5.75 Å². The maximum atomic E-state index is 11.4. The minimum absolute atomic E-state index is 0.157. The minimum atomic E-state index is -3.26. The molecule has 0 heterocycles. The Hall–Kier alpha value is -1.35. The van der Waals surface area contributed by atoms with Gasteiger partial charge in [0.1, 0.15) is 15.9 Å². The van der Waals surface area contributed by atoms with E-state index in [4.69, 9.17) is 5.11 Å². The molecule has 0 fully saturated rings. The molecular formula is C10H21N3O5S. The van der Waals surface area contributed by atoms with Crippen LogP contribution in [0, 0.1) is 0 Å². The van der Waals surface area contributed by atoms with Crippen LogP contribution in [0.2, 0.25) is 0 Å². The molecule has 0 saturated carbocycles. The van der Waals surface area contributed by atoms with Gasteiger partial charge in [-0.2, -0.15) is 0 Å². The van der Waals surface area contributed by atoms with Crippen molar-refractivity contribution in [3.8, 4) is 0 Å². The van der Waals surface area contributed by atoms with E-state index in [1.807, 2.05) is 19.0 Å². The quantitative estimate of drug-likeness (QED) is 0.514. The van der Waals surface area contributed by atoms with Crippen molar-refractivity contribution in [2.75, 3.05) is 39.2 Å². The maximum Gasteiger partial charge on any atom is 0.326 e. The second-order valence-electron chi connectivity index (χ2n) is 4.51. The standard InChI is InChI=1S/C10H21N3O5S/c1-13(2)6-5-11-10(16)12-8(9(14)15)4-7-19(3,17)18/h8H,4-7H2,1-3H3,(H,14,15)(H2,11,12,16). The van der Waals surface area contributed by atoms with Crippen molar-refractivity contribution in [3.63, 3.8) is 0 Å². The van der Waals surface area contributed by atoms with E-state index in [-0.39, 0.29) is 12.2 Å². The molecule has 112 valence electrons. The Kier molecular flexibility index (Phi) is 7.38. The Bertz CT molecular complexity index is 407. The van der Waals surface area contributed by atoms with Crippen molar-refractivity contribution in [1.29, 1.82) is 0 Å². The van der Waals surface area contributed by atoms with Crippen molar-refractivity contribution in [1.82, 2.24) is 15.5 Å². The summed E-state index contributed by atoms with van der Waals surface area (Å²) in [7, 11) is 0.420. The molecule has 9 heteroatoms. The number of urea groups is 1. The molecule has 19 heavy (non-hydrogen) atoms. The van der Waals surface area contributed by atoms with Crippen LogP contribution < -0.4 is 10.6 Å². The summed E-state index contributed by atoms with van der Waals surface area (Å²) in [5.41, 5.74) is 0. The third kappa shape index (κ3) is 10.3. The van der Waals surface area contributed by atoms with Gasteiger partial charge in [-0.15, -0.1) is 0 Å². The normalized spacial score (nSPS) is 13.1. The number of sulfone groups is 1. The number of carboxylic acids is 1. The number of carboxylic acid groups (broad SMARTS) is 1. The topological polar surface area (TPSA) is 116 Å². The minimum Gasteiger partial charge on any atom is -0.480 e. The molecule has 0 aliphatic rings. The molecule has 0 aromatic carbocycles. The maximum absolute atomic E-state index is 11.4. The van der Waals surface area contributed by atoms with Crippen LogP contribution in [0.15, 0.2) is 0 Å². The summed E-state index contributed by atoms with van der Waals surface area (Å²) in [6.07, 6.45) is 0.859. The van der Waals surface area contributed by atoms with Crippen LogP contribution in [0.25, 0.3) is 0 Å². The molecule has 8 nitrogen and oxygen atoms in total. The summed E-state index contributed by atoms with van der Waals surface area (Å²) in [4.78, 5) is 24.2. The fraction of sp³-hybridized carbons (Fsp3) is 0.800. The van der Waals surface area contributed by atoms with Crippen molar-refractivity contribution >= 4 is 21.8 Å². The number of carbonyl (C=O) groups excluding carboxylic acids is 1. The van der Waals surface area contributed by atoms with E-state index in [2.05, 4.69) is 10.6 Å². The zero-order valence-corrected chi connectivity index (χ0v) is 12.2. The number of amides is 2. The molecule has 0 aliphatic heterocycles. The molecule has 0 bridgehead atoms. The van der Waals surface area contributed by atoms with Crippen LogP contribution in [0.3, 0.4) is 0 Å². The lowest BCUT2D eigenvalue weighted by Gasteiger charge is -2.15. The van der Waals surface area contributed by atoms with Gasteiger partial charge in [-0.1, -0.05) is 0 Å². The average Bonchev–Trinajstić information content (AvgIpc) is 2.21. The van der Waals surface area contributed by atoms with E-state index in [1.54, 1.807) is 0 Å². The molecule has 2 amide bonds. The zero-order valence-electron chi connectivity index (χ0n) is 11.3. The number of hydrogen-bond acceptors (Lipinski definition) is 5. The zero-order chi connectivity index (χ0) is 15.1. The van der Waals surface area contributed by atoms with Crippen LogP contribution in [0.5, 0.6) is 0 Å². The largest absolute Gasteiger partial charge is 0.480 e. The van der Waals surface area contributed by atoms with Gasteiger partial charge in [-0.25, -0.2) is 18.0 Å². The first-order valence-electron chi connectivity index (χ1n) is 5.71. The lowest BCUT2D eigenvalue weighted by molar-refractivity contribution is -0.139. The van der Waals surface area contributed by atoms with E-state index >= 15 is 0 Å². The Balaban J connectivity index is 4.20. The molecule has 0 aromatic heterocycles. The second kappa shape index (κ2) is 7.95. The molecule has 0 radical (unpaired) electrons. The Labute approximate surface area is 113 Å². The monoisotopic (exact) mass is 295 g/mol. The molecule has 3 N–H and O–H groups in total. The molecule has 0 saturated heterocycles. The lowest BCUT2D eigenvalue weighted by atomic mass is 10.2. The van der Waals surface area contributed by atoms with Crippen molar-refractivity contribution in [3.05, 3.63) is 0 Å². The van der Waals surface area contributed by atoms with Crippen LogP contribution >= 0.6 is 0 Å². The molecule has 0 spiro atoms. The smallest absolute Gasteiger partial charge is 0.326 e. The van der Waals surface area contributed by atoms with Crippen LogP contribution in [-0.2, 0) is 14.6 Å². The first-order valence-corrected chi connectivity index (χ1v) is 7.77. The summed E-state index contributed by atoms with van der Waals surface area (Å²) >= 11 is 0. The van der Waals surface area contributed by atoms with Gasteiger partial charge in [-0.3, -0.25) is 0 Å². The number of hydrogen-bond donors (Lipinski definition) is 3. The van der Waals surface area contributed by atoms with Gasteiger partial charge in [0.25, 0.3) is 0 Å². The van der Waals surface area contributed by atoms with Crippen molar-refractivity contribution in [2.24, 2.45) is 0 Å². The molecule has 1 atom stereocenters. The predicted molar refractivity (Wildman–Crippen MR) is 70.8 cm³/mol. The highest BCUT2D eigenvalue weighted by Crippen LogP contribution is 1.97. The highest BCUT2D eigenvalue weighted by atomic mass is 32.2. The number of likely N-dealkylation sites (N-methyl/N-ethyl adjacent to an activating group) is 1. The molecule has 1 unspecified atom stereocenters. The third-order valence-electron chi connectivity index (χ3n) is 2.23. The first kappa shape index (κ1) is 17.6. The highest BCUT2D eigenvalue weighted by Gasteiger charge is 2.21. The van der Waals surface area contributed by atoms with E-state index in [9.17, 15) is 18.0 Å². The van der Waals surface area contributed by atoms with E-state index in [0.717, 1.165) is 6.26 Å². The van der Waals surface area contributed by atoms with Gasteiger partial charge < -0.3 is 20.6 Å². The van der Waals surface area contributed by atoms with Gasteiger partial charge in [0, 0.05) is 19.3 Å².